The number of sulfonamides is 1. The molecule has 15 heavy (non-hydrogen) atoms. The lowest BCUT2D eigenvalue weighted by molar-refractivity contribution is 0.382. The van der Waals surface area contributed by atoms with Crippen LogP contribution in [0.5, 0.6) is 0 Å². The van der Waals surface area contributed by atoms with Gasteiger partial charge in [-0.05, 0) is 28.8 Å². The van der Waals surface area contributed by atoms with Crippen LogP contribution < -0.4 is 4.72 Å². The summed E-state index contributed by atoms with van der Waals surface area (Å²) in [6, 6.07) is 0.0665. The first kappa shape index (κ1) is 11.0. The SMILES string of the molecule is Cn1nnc(Br)c1S(=O)(=O)NC1CCC1. The fourth-order valence-corrected chi connectivity index (χ4v) is 3.81. The highest BCUT2D eigenvalue weighted by Gasteiger charge is 2.29. The van der Waals surface area contributed by atoms with Gasteiger partial charge in [-0.3, -0.25) is 0 Å². The van der Waals surface area contributed by atoms with Crippen molar-refractivity contribution in [3.63, 3.8) is 0 Å². The molecule has 1 fully saturated rings. The smallest absolute Gasteiger partial charge is 0.235 e. The average molecular weight is 295 g/mol. The first-order valence-corrected chi connectivity index (χ1v) is 6.86. The standard InChI is InChI=1S/C7H11BrN4O2S/c1-12-7(6(8)9-11-12)15(13,14)10-5-3-2-4-5/h5,10H,2-4H2,1H3. The minimum absolute atomic E-state index is 0.0665. The van der Waals surface area contributed by atoms with Crippen LogP contribution in [0.2, 0.25) is 0 Å². The van der Waals surface area contributed by atoms with Crippen molar-refractivity contribution in [1.82, 2.24) is 19.7 Å². The van der Waals surface area contributed by atoms with Gasteiger partial charge in [-0.1, -0.05) is 11.6 Å². The van der Waals surface area contributed by atoms with Gasteiger partial charge < -0.3 is 0 Å². The lowest BCUT2D eigenvalue weighted by atomic mass is 9.94. The van der Waals surface area contributed by atoms with Crippen molar-refractivity contribution in [3.8, 4) is 0 Å². The fourth-order valence-electron chi connectivity index (χ4n) is 1.41. The highest BCUT2D eigenvalue weighted by Crippen LogP contribution is 2.23. The van der Waals surface area contributed by atoms with Crippen LogP contribution in [0.4, 0.5) is 0 Å². The highest BCUT2D eigenvalue weighted by molar-refractivity contribution is 9.10. The molecule has 1 aromatic rings. The molecule has 0 aliphatic heterocycles. The molecule has 8 heteroatoms. The number of nitrogens with one attached hydrogen (secondary N) is 1. The summed E-state index contributed by atoms with van der Waals surface area (Å²) in [4.78, 5) is 0. The van der Waals surface area contributed by atoms with E-state index in [0.717, 1.165) is 19.3 Å². The van der Waals surface area contributed by atoms with Gasteiger partial charge in [-0.25, -0.2) is 17.8 Å². The predicted octanol–water partition coefficient (Wildman–Crippen LogP) is 0.408. The number of nitrogens with zero attached hydrogens (tertiary/aromatic N) is 3. The normalized spacial score (nSPS) is 17.7. The van der Waals surface area contributed by atoms with E-state index < -0.39 is 10.0 Å². The quantitative estimate of drug-likeness (QED) is 0.876. The van der Waals surface area contributed by atoms with Gasteiger partial charge in [0.1, 0.15) is 0 Å². The monoisotopic (exact) mass is 294 g/mol. The fraction of sp³-hybridized carbons (Fsp3) is 0.714. The summed E-state index contributed by atoms with van der Waals surface area (Å²) in [5.74, 6) is 0. The Labute approximate surface area is 96.2 Å². The van der Waals surface area contributed by atoms with Gasteiger partial charge >= 0.3 is 0 Å². The van der Waals surface area contributed by atoms with Crippen LogP contribution in [-0.2, 0) is 17.1 Å². The number of hydrogen-bond donors (Lipinski definition) is 1. The Balaban J connectivity index is 2.28. The Hall–Kier alpha value is -0.470. The number of aryl methyl sites for hydroxylation is 1. The van der Waals surface area contributed by atoms with E-state index in [2.05, 4.69) is 31.0 Å². The van der Waals surface area contributed by atoms with E-state index in [4.69, 9.17) is 0 Å². The van der Waals surface area contributed by atoms with Gasteiger partial charge in [0.15, 0.2) is 4.60 Å². The molecule has 1 aliphatic carbocycles. The van der Waals surface area contributed by atoms with E-state index in [1.807, 2.05) is 0 Å². The van der Waals surface area contributed by atoms with Crippen LogP contribution in [0.1, 0.15) is 19.3 Å². The summed E-state index contributed by atoms with van der Waals surface area (Å²) in [6.45, 7) is 0. The molecule has 0 radical (unpaired) electrons. The van der Waals surface area contributed by atoms with E-state index >= 15 is 0 Å². The van der Waals surface area contributed by atoms with Gasteiger partial charge in [0, 0.05) is 13.1 Å². The first-order chi connectivity index (χ1) is 7.00. The third-order valence-corrected chi connectivity index (χ3v) is 4.83. The minimum Gasteiger partial charge on any atom is -0.235 e. The molecule has 1 aromatic heterocycles. The summed E-state index contributed by atoms with van der Waals surface area (Å²) in [5.41, 5.74) is 0. The van der Waals surface area contributed by atoms with Crippen LogP contribution in [0, 0.1) is 0 Å². The van der Waals surface area contributed by atoms with Crippen LogP contribution in [-0.4, -0.2) is 29.5 Å². The van der Waals surface area contributed by atoms with E-state index in [1.165, 1.54) is 4.68 Å². The van der Waals surface area contributed by atoms with Crippen molar-refractivity contribution in [2.75, 3.05) is 0 Å². The molecule has 1 heterocycles. The summed E-state index contributed by atoms with van der Waals surface area (Å²) in [5, 5.41) is 7.36. The maximum Gasteiger partial charge on any atom is 0.260 e. The van der Waals surface area contributed by atoms with Crippen molar-refractivity contribution in [2.45, 2.75) is 30.3 Å². The molecule has 0 bridgehead atoms. The van der Waals surface area contributed by atoms with Crippen LogP contribution >= 0.6 is 15.9 Å². The zero-order valence-electron chi connectivity index (χ0n) is 8.14. The second-order valence-corrected chi connectivity index (χ2v) is 5.94. The van der Waals surface area contributed by atoms with Crippen LogP contribution in [0.15, 0.2) is 9.63 Å². The highest BCUT2D eigenvalue weighted by atomic mass is 79.9. The zero-order valence-corrected chi connectivity index (χ0v) is 10.5. The Morgan fingerprint density at radius 2 is 2.20 bits per heavy atom. The van der Waals surface area contributed by atoms with Gasteiger partial charge in [-0.2, -0.15) is 0 Å². The third kappa shape index (κ3) is 2.06. The largest absolute Gasteiger partial charge is 0.260 e. The van der Waals surface area contributed by atoms with E-state index in [1.54, 1.807) is 7.05 Å². The van der Waals surface area contributed by atoms with Crippen molar-refractivity contribution in [2.24, 2.45) is 7.05 Å². The summed E-state index contributed by atoms with van der Waals surface area (Å²) >= 11 is 3.07. The lowest BCUT2D eigenvalue weighted by Crippen LogP contribution is -2.40. The Bertz CT molecular complexity index is 446. The number of halogens is 1. The third-order valence-electron chi connectivity index (χ3n) is 2.42. The Morgan fingerprint density at radius 1 is 1.53 bits per heavy atom. The molecule has 0 unspecified atom stereocenters. The second kappa shape index (κ2) is 3.84. The van der Waals surface area contributed by atoms with E-state index in [9.17, 15) is 8.42 Å². The number of hydrogen-bond acceptors (Lipinski definition) is 4. The molecular weight excluding hydrogens is 284 g/mol. The summed E-state index contributed by atoms with van der Waals surface area (Å²) < 4.78 is 27.9. The predicted molar refractivity (Wildman–Crippen MR) is 56.7 cm³/mol. The van der Waals surface area contributed by atoms with E-state index in [0.29, 0.717) is 0 Å². The van der Waals surface area contributed by atoms with Gasteiger partial charge in [0.25, 0.3) is 10.0 Å². The van der Waals surface area contributed by atoms with Gasteiger partial charge in [0.2, 0.25) is 5.03 Å². The molecule has 1 aliphatic rings. The summed E-state index contributed by atoms with van der Waals surface area (Å²) in [7, 11) is -1.95. The molecule has 2 rings (SSSR count). The topological polar surface area (TPSA) is 76.9 Å². The molecule has 0 amide bonds. The van der Waals surface area contributed by atoms with Gasteiger partial charge in [-0.15, -0.1) is 5.10 Å². The molecular formula is C7H11BrN4O2S. The maximum atomic E-state index is 11.9. The maximum absolute atomic E-state index is 11.9. The second-order valence-electron chi connectivity index (χ2n) is 3.56. The Kier molecular flexibility index (Phi) is 2.82. The van der Waals surface area contributed by atoms with Crippen LogP contribution in [0.25, 0.3) is 0 Å². The molecule has 0 atom stereocenters. The van der Waals surface area contributed by atoms with Crippen molar-refractivity contribution >= 4 is 26.0 Å². The Morgan fingerprint density at radius 3 is 2.60 bits per heavy atom. The summed E-state index contributed by atoms with van der Waals surface area (Å²) in [6.07, 6.45) is 2.89. The molecule has 6 nitrogen and oxygen atoms in total. The van der Waals surface area contributed by atoms with E-state index in [-0.39, 0.29) is 15.7 Å². The molecule has 1 saturated carbocycles. The number of rotatable bonds is 3. The molecule has 0 spiro atoms. The van der Waals surface area contributed by atoms with Crippen molar-refractivity contribution < 1.29 is 8.42 Å². The van der Waals surface area contributed by atoms with Crippen molar-refractivity contribution in [3.05, 3.63) is 4.60 Å². The molecule has 0 saturated heterocycles. The zero-order chi connectivity index (χ0) is 11.1. The lowest BCUT2D eigenvalue weighted by Gasteiger charge is -2.25. The number of aromatic nitrogens is 3. The molecule has 1 N–H and O–H groups in total. The molecule has 0 aromatic carbocycles. The molecule has 84 valence electrons. The van der Waals surface area contributed by atoms with Gasteiger partial charge in [0.05, 0.1) is 0 Å². The minimum atomic E-state index is -3.50. The van der Waals surface area contributed by atoms with Crippen LogP contribution in [0.3, 0.4) is 0 Å². The average Bonchev–Trinajstić information content (AvgIpc) is 2.40. The van der Waals surface area contributed by atoms with Crippen molar-refractivity contribution in [1.29, 1.82) is 0 Å². The first-order valence-electron chi connectivity index (χ1n) is 4.58.